The quantitative estimate of drug-likeness (QED) is 0.861. The summed E-state index contributed by atoms with van der Waals surface area (Å²) in [6, 6.07) is 5.40. The van der Waals surface area contributed by atoms with Gasteiger partial charge in [-0.05, 0) is 30.5 Å². The number of methoxy groups -OCH3 is 1. The number of anilines is 1. The maximum Gasteiger partial charge on any atom is 0.329 e. The Hall–Kier alpha value is -2.04. The zero-order chi connectivity index (χ0) is 14.2. The summed E-state index contributed by atoms with van der Waals surface area (Å²) in [5.74, 6) is 0.0971. The SMILES string of the molecule is COC(=O)C(C(C)C)n1c(N)nc2ccc(C)cc21. The monoisotopic (exact) mass is 261 g/mol. The number of hydrogen-bond donors (Lipinski definition) is 1. The number of carbonyl (C=O) groups excluding carboxylic acids is 1. The van der Waals surface area contributed by atoms with E-state index in [1.807, 2.05) is 39.0 Å². The van der Waals surface area contributed by atoms with E-state index in [0.717, 1.165) is 16.6 Å². The number of nitrogen functional groups attached to an aromatic ring is 1. The van der Waals surface area contributed by atoms with Gasteiger partial charge in [-0.2, -0.15) is 0 Å². The molecule has 19 heavy (non-hydrogen) atoms. The van der Waals surface area contributed by atoms with Crippen molar-refractivity contribution in [3.63, 3.8) is 0 Å². The smallest absolute Gasteiger partial charge is 0.329 e. The molecular formula is C14H19N3O2. The summed E-state index contributed by atoms with van der Waals surface area (Å²) >= 11 is 0. The third-order valence-corrected chi connectivity index (χ3v) is 3.22. The number of aryl methyl sites for hydroxylation is 1. The predicted octanol–water partition coefficient (Wildman–Crippen LogP) is 2.30. The first-order valence-corrected chi connectivity index (χ1v) is 6.27. The van der Waals surface area contributed by atoms with Gasteiger partial charge in [-0.3, -0.25) is 4.57 Å². The Morgan fingerprint density at radius 2 is 2.11 bits per heavy atom. The summed E-state index contributed by atoms with van der Waals surface area (Å²) in [5.41, 5.74) is 8.73. The van der Waals surface area contributed by atoms with Gasteiger partial charge in [0.05, 0.1) is 18.1 Å². The molecule has 1 unspecified atom stereocenters. The van der Waals surface area contributed by atoms with E-state index in [4.69, 9.17) is 10.5 Å². The predicted molar refractivity (Wildman–Crippen MR) is 74.8 cm³/mol. The number of imidazole rings is 1. The molecule has 0 saturated heterocycles. The van der Waals surface area contributed by atoms with Gasteiger partial charge in [-0.1, -0.05) is 19.9 Å². The van der Waals surface area contributed by atoms with Crippen LogP contribution < -0.4 is 5.73 Å². The fourth-order valence-electron chi connectivity index (χ4n) is 2.31. The van der Waals surface area contributed by atoms with Gasteiger partial charge in [-0.15, -0.1) is 0 Å². The van der Waals surface area contributed by atoms with Crippen LogP contribution in [0.3, 0.4) is 0 Å². The topological polar surface area (TPSA) is 70.1 Å². The van der Waals surface area contributed by atoms with Crippen molar-refractivity contribution in [1.82, 2.24) is 9.55 Å². The van der Waals surface area contributed by atoms with E-state index in [1.54, 1.807) is 4.57 Å². The largest absolute Gasteiger partial charge is 0.467 e. The lowest BCUT2D eigenvalue weighted by Gasteiger charge is -2.21. The van der Waals surface area contributed by atoms with Crippen molar-refractivity contribution >= 4 is 23.0 Å². The third-order valence-electron chi connectivity index (χ3n) is 3.22. The summed E-state index contributed by atoms with van der Waals surface area (Å²) < 4.78 is 6.65. The molecule has 0 aliphatic rings. The highest BCUT2D eigenvalue weighted by Gasteiger charge is 2.28. The van der Waals surface area contributed by atoms with Gasteiger partial charge >= 0.3 is 5.97 Å². The maximum absolute atomic E-state index is 12.0. The molecule has 102 valence electrons. The van der Waals surface area contributed by atoms with Gasteiger partial charge in [0.2, 0.25) is 5.95 Å². The second-order valence-electron chi connectivity index (χ2n) is 5.04. The number of hydrogen-bond acceptors (Lipinski definition) is 4. The van der Waals surface area contributed by atoms with Crippen molar-refractivity contribution in [2.24, 2.45) is 5.92 Å². The first-order chi connectivity index (χ1) is 8.95. The van der Waals surface area contributed by atoms with Gasteiger partial charge in [-0.25, -0.2) is 9.78 Å². The van der Waals surface area contributed by atoms with Crippen LogP contribution in [0.4, 0.5) is 5.95 Å². The van der Waals surface area contributed by atoms with E-state index in [0.29, 0.717) is 5.95 Å². The van der Waals surface area contributed by atoms with Gasteiger partial charge in [0, 0.05) is 0 Å². The van der Waals surface area contributed by atoms with Crippen LogP contribution in [-0.4, -0.2) is 22.6 Å². The van der Waals surface area contributed by atoms with Crippen molar-refractivity contribution in [3.05, 3.63) is 23.8 Å². The van der Waals surface area contributed by atoms with Gasteiger partial charge in [0.25, 0.3) is 0 Å². The van der Waals surface area contributed by atoms with E-state index in [1.165, 1.54) is 7.11 Å². The average molecular weight is 261 g/mol. The molecule has 1 aromatic carbocycles. The number of carbonyl (C=O) groups is 1. The maximum atomic E-state index is 12.0. The van der Waals surface area contributed by atoms with Crippen molar-refractivity contribution in [3.8, 4) is 0 Å². The minimum atomic E-state index is -0.461. The van der Waals surface area contributed by atoms with Gasteiger partial charge in [0.15, 0.2) is 0 Å². The lowest BCUT2D eigenvalue weighted by atomic mass is 10.0. The lowest BCUT2D eigenvalue weighted by molar-refractivity contribution is -0.145. The van der Waals surface area contributed by atoms with Crippen molar-refractivity contribution in [2.75, 3.05) is 12.8 Å². The average Bonchev–Trinajstić information content (AvgIpc) is 2.66. The number of fused-ring (bicyclic) bond motifs is 1. The molecule has 0 saturated carbocycles. The van der Waals surface area contributed by atoms with Crippen molar-refractivity contribution in [1.29, 1.82) is 0 Å². The lowest BCUT2D eigenvalue weighted by Crippen LogP contribution is -2.26. The van der Waals surface area contributed by atoms with E-state index < -0.39 is 6.04 Å². The molecule has 1 aromatic heterocycles. The van der Waals surface area contributed by atoms with Crippen LogP contribution in [0, 0.1) is 12.8 Å². The van der Waals surface area contributed by atoms with Crippen LogP contribution in [0.15, 0.2) is 18.2 Å². The number of nitrogens with two attached hydrogens (primary N) is 1. The van der Waals surface area contributed by atoms with Crippen LogP contribution in [0.25, 0.3) is 11.0 Å². The molecule has 2 rings (SSSR count). The zero-order valence-corrected chi connectivity index (χ0v) is 11.7. The molecular weight excluding hydrogens is 242 g/mol. The Bertz CT molecular complexity index is 616. The first-order valence-electron chi connectivity index (χ1n) is 6.27. The molecule has 0 aliphatic carbocycles. The van der Waals surface area contributed by atoms with Crippen molar-refractivity contribution in [2.45, 2.75) is 26.8 Å². The normalized spacial score (nSPS) is 12.9. The molecule has 0 bridgehead atoms. The fraction of sp³-hybridized carbons (Fsp3) is 0.429. The first kappa shape index (κ1) is 13.4. The second kappa shape index (κ2) is 4.91. The molecule has 0 radical (unpaired) electrons. The minimum absolute atomic E-state index is 0.0627. The van der Waals surface area contributed by atoms with Gasteiger partial charge in [0.1, 0.15) is 6.04 Å². The van der Waals surface area contributed by atoms with E-state index in [2.05, 4.69) is 4.98 Å². The summed E-state index contributed by atoms with van der Waals surface area (Å²) in [7, 11) is 1.39. The molecule has 2 aromatic rings. The molecule has 2 N–H and O–H groups in total. The molecule has 1 atom stereocenters. The Labute approximate surface area is 112 Å². The van der Waals surface area contributed by atoms with Crippen LogP contribution in [0.5, 0.6) is 0 Å². The highest BCUT2D eigenvalue weighted by atomic mass is 16.5. The summed E-state index contributed by atoms with van der Waals surface area (Å²) in [4.78, 5) is 16.3. The second-order valence-corrected chi connectivity index (χ2v) is 5.04. The van der Waals surface area contributed by atoms with Crippen molar-refractivity contribution < 1.29 is 9.53 Å². The third kappa shape index (κ3) is 2.28. The summed E-state index contributed by atoms with van der Waals surface area (Å²) in [6.45, 7) is 5.92. The molecule has 0 aliphatic heterocycles. The Kier molecular flexibility index (Phi) is 3.46. The molecule has 0 amide bonds. The van der Waals surface area contributed by atoms with E-state index in [-0.39, 0.29) is 11.9 Å². The standard InChI is InChI=1S/C14H19N3O2/c1-8(2)12(13(18)19-4)17-11-7-9(3)5-6-10(11)16-14(17)15/h5-8,12H,1-4H3,(H2,15,16). The highest BCUT2D eigenvalue weighted by molar-refractivity contribution is 5.83. The van der Waals surface area contributed by atoms with E-state index in [9.17, 15) is 4.79 Å². The Morgan fingerprint density at radius 3 is 2.68 bits per heavy atom. The van der Waals surface area contributed by atoms with Crippen LogP contribution in [0.2, 0.25) is 0 Å². The molecule has 5 nitrogen and oxygen atoms in total. The van der Waals surface area contributed by atoms with Crippen LogP contribution >= 0.6 is 0 Å². The fourth-order valence-corrected chi connectivity index (χ4v) is 2.31. The number of rotatable bonds is 3. The Balaban J connectivity index is 2.68. The highest BCUT2D eigenvalue weighted by Crippen LogP contribution is 2.28. The number of nitrogens with zero attached hydrogens (tertiary/aromatic N) is 2. The number of benzene rings is 1. The molecule has 0 spiro atoms. The summed E-state index contributed by atoms with van der Waals surface area (Å²) in [6.07, 6.45) is 0. The number of aromatic nitrogens is 2. The Morgan fingerprint density at radius 1 is 1.42 bits per heavy atom. The van der Waals surface area contributed by atoms with Crippen LogP contribution in [-0.2, 0) is 9.53 Å². The summed E-state index contributed by atoms with van der Waals surface area (Å²) in [5, 5.41) is 0. The van der Waals surface area contributed by atoms with E-state index >= 15 is 0 Å². The number of esters is 1. The zero-order valence-electron chi connectivity index (χ0n) is 11.7. The van der Waals surface area contributed by atoms with Gasteiger partial charge < -0.3 is 10.5 Å². The minimum Gasteiger partial charge on any atom is -0.467 e. The van der Waals surface area contributed by atoms with Crippen LogP contribution in [0.1, 0.15) is 25.5 Å². The molecule has 1 heterocycles. The number of ether oxygens (including phenoxy) is 1. The molecule has 0 fully saturated rings. The molecule has 5 heteroatoms.